The lowest BCUT2D eigenvalue weighted by Crippen LogP contribution is -2.09. The van der Waals surface area contributed by atoms with Gasteiger partial charge in [0, 0.05) is 18.8 Å². The summed E-state index contributed by atoms with van der Waals surface area (Å²) in [7, 11) is 0. The minimum Gasteiger partial charge on any atom is -0.464 e. The molecule has 29 heavy (non-hydrogen) atoms. The van der Waals surface area contributed by atoms with Gasteiger partial charge in [-0.2, -0.15) is 0 Å². The Morgan fingerprint density at radius 3 is 1.55 bits per heavy atom. The van der Waals surface area contributed by atoms with Crippen molar-refractivity contribution in [1.29, 1.82) is 0 Å². The second-order valence-corrected chi connectivity index (χ2v) is 7.79. The van der Waals surface area contributed by atoms with E-state index in [9.17, 15) is 9.59 Å². The molecule has 1 rings (SSSR count). The van der Waals surface area contributed by atoms with E-state index in [1.165, 1.54) is 102 Å². The number of hydrogen-bond acceptors (Lipinski definition) is 3. The molecule has 6 nitrogen and oxygen atoms in total. The Bertz CT molecular complexity index is 529. The first-order chi connectivity index (χ1) is 14.0. The maximum absolute atomic E-state index is 10.6. The number of carboxylic acid groups (broad SMARTS) is 1. The lowest BCUT2D eigenvalue weighted by Gasteiger charge is -2.03. The molecule has 0 unspecified atom stereocenters. The van der Waals surface area contributed by atoms with E-state index < -0.39 is 6.09 Å². The number of rotatable bonds is 16. The van der Waals surface area contributed by atoms with E-state index in [0.717, 1.165) is 11.0 Å². The molecular weight excluding hydrogens is 366 g/mol. The summed E-state index contributed by atoms with van der Waals surface area (Å²) in [5, 5.41) is 8.38. The molecule has 168 valence electrons. The average molecular weight is 410 g/mol. The molecular formula is C23H43N3O3. The van der Waals surface area contributed by atoms with Crippen molar-refractivity contribution in [2.45, 2.75) is 117 Å². The van der Waals surface area contributed by atoms with Gasteiger partial charge in [0.1, 0.15) is 5.82 Å². The summed E-state index contributed by atoms with van der Waals surface area (Å²) in [5.41, 5.74) is 5.11. The van der Waals surface area contributed by atoms with Gasteiger partial charge in [-0.05, 0) is 13.3 Å². The van der Waals surface area contributed by atoms with Crippen LogP contribution in [0.25, 0.3) is 0 Å². The molecule has 1 aromatic rings. The third-order valence-corrected chi connectivity index (χ3v) is 5.06. The van der Waals surface area contributed by atoms with Gasteiger partial charge in [-0.15, -0.1) is 0 Å². The van der Waals surface area contributed by atoms with E-state index in [1.54, 1.807) is 6.92 Å². The highest BCUT2D eigenvalue weighted by atomic mass is 16.4. The molecule has 3 N–H and O–H groups in total. The van der Waals surface area contributed by atoms with Crippen molar-refractivity contribution in [3.05, 3.63) is 18.2 Å². The first-order valence-electron chi connectivity index (χ1n) is 11.5. The Labute approximate surface area is 177 Å². The zero-order valence-electron chi connectivity index (χ0n) is 18.7. The molecule has 0 spiro atoms. The van der Waals surface area contributed by atoms with Crippen LogP contribution in [-0.2, 0) is 4.79 Å². The average Bonchev–Trinajstić information content (AvgIpc) is 3.11. The molecule has 0 aliphatic carbocycles. The molecule has 0 saturated carbocycles. The summed E-state index contributed by atoms with van der Waals surface area (Å²) in [6.45, 7) is 3.91. The second kappa shape index (κ2) is 19.5. The number of aromatic nitrogens is 2. The van der Waals surface area contributed by atoms with Gasteiger partial charge in [0.15, 0.2) is 0 Å². The van der Waals surface area contributed by atoms with Crippen molar-refractivity contribution < 1.29 is 14.7 Å². The van der Waals surface area contributed by atoms with Crippen molar-refractivity contribution in [2.75, 3.05) is 0 Å². The standard InChI is InChI=1S/C18H37NO.C5H6N2O2/c1-2-3-4-5-6-7-8-9-10-11-12-13-14-15-16-17-18(19)20;1-4-6-2-3-7(4)5(8)9/h2-17H2,1H3,(H2,19,20);2-3H,1H3,(H,8,9). The maximum Gasteiger partial charge on any atom is 0.416 e. The van der Waals surface area contributed by atoms with Gasteiger partial charge >= 0.3 is 6.09 Å². The van der Waals surface area contributed by atoms with Gasteiger partial charge < -0.3 is 10.8 Å². The van der Waals surface area contributed by atoms with Crippen LogP contribution in [-0.4, -0.2) is 26.7 Å². The highest BCUT2D eigenvalue weighted by Crippen LogP contribution is 2.13. The van der Waals surface area contributed by atoms with E-state index >= 15 is 0 Å². The Balaban J connectivity index is 0.000000717. The van der Waals surface area contributed by atoms with E-state index in [2.05, 4.69) is 11.9 Å². The van der Waals surface area contributed by atoms with Crippen LogP contribution in [0.1, 0.15) is 115 Å². The van der Waals surface area contributed by atoms with Crippen molar-refractivity contribution in [3.8, 4) is 0 Å². The van der Waals surface area contributed by atoms with Gasteiger partial charge in [0.25, 0.3) is 0 Å². The van der Waals surface area contributed by atoms with E-state index in [0.29, 0.717) is 12.2 Å². The van der Waals surface area contributed by atoms with Crippen LogP contribution in [0.2, 0.25) is 0 Å². The Morgan fingerprint density at radius 1 is 0.862 bits per heavy atom. The number of imidazole rings is 1. The van der Waals surface area contributed by atoms with Crippen LogP contribution in [0.4, 0.5) is 4.79 Å². The monoisotopic (exact) mass is 409 g/mol. The summed E-state index contributed by atoms with van der Waals surface area (Å²) in [4.78, 5) is 24.5. The fraction of sp³-hybridized carbons (Fsp3) is 0.783. The normalized spacial score (nSPS) is 10.4. The number of nitrogens with zero attached hydrogens (tertiary/aromatic N) is 2. The van der Waals surface area contributed by atoms with Crippen molar-refractivity contribution >= 4 is 12.0 Å². The van der Waals surface area contributed by atoms with Crippen molar-refractivity contribution in [1.82, 2.24) is 9.55 Å². The minimum atomic E-state index is -0.995. The Morgan fingerprint density at radius 2 is 1.28 bits per heavy atom. The number of hydrogen-bond donors (Lipinski definition) is 2. The van der Waals surface area contributed by atoms with Crippen LogP contribution in [0.3, 0.4) is 0 Å². The van der Waals surface area contributed by atoms with Crippen LogP contribution in [0.15, 0.2) is 12.4 Å². The topological polar surface area (TPSA) is 98.2 Å². The number of unbranched alkanes of at least 4 members (excludes halogenated alkanes) is 14. The fourth-order valence-electron chi connectivity index (χ4n) is 3.25. The van der Waals surface area contributed by atoms with Gasteiger partial charge in [-0.25, -0.2) is 14.3 Å². The molecule has 0 aliphatic rings. The summed E-state index contributed by atoms with van der Waals surface area (Å²) in [6, 6.07) is 0. The second-order valence-electron chi connectivity index (χ2n) is 7.79. The molecule has 6 heteroatoms. The molecule has 0 saturated heterocycles. The Hall–Kier alpha value is -1.85. The number of carbonyl (C=O) groups excluding carboxylic acids is 1. The van der Waals surface area contributed by atoms with Crippen LogP contribution in [0, 0.1) is 6.92 Å². The predicted molar refractivity (Wildman–Crippen MR) is 119 cm³/mol. The highest BCUT2D eigenvalue weighted by Gasteiger charge is 2.01. The SMILES string of the molecule is CCCCCCCCCCCCCCCCCC(N)=O.Cc1nccn1C(=O)O. The number of aryl methyl sites for hydroxylation is 1. The molecule has 0 bridgehead atoms. The van der Waals surface area contributed by atoms with E-state index in [-0.39, 0.29) is 5.91 Å². The quantitative estimate of drug-likeness (QED) is 0.306. The fourth-order valence-corrected chi connectivity index (χ4v) is 3.25. The van der Waals surface area contributed by atoms with Crippen molar-refractivity contribution in [2.24, 2.45) is 5.73 Å². The first kappa shape index (κ1) is 27.1. The van der Waals surface area contributed by atoms with Crippen LogP contribution < -0.4 is 5.73 Å². The minimum absolute atomic E-state index is 0.153. The van der Waals surface area contributed by atoms with E-state index in [4.69, 9.17) is 10.8 Å². The third kappa shape index (κ3) is 17.9. The zero-order chi connectivity index (χ0) is 21.7. The summed E-state index contributed by atoms with van der Waals surface area (Å²) in [5.74, 6) is 0.335. The molecule has 0 radical (unpaired) electrons. The third-order valence-electron chi connectivity index (χ3n) is 5.06. The smallest absolute Gasteiger partial charge is 0.416 e. The largest absolute Gasteiger partial charge is 0.464 e. The molecule has 0 fully saturated rings. The lowest BCUT2D eigenvalue weighted by molar-refractivity contribution is -0.118. The maximum atomic E-state index is 10.6. The lowest BCUT2D eigenvalue weighted by atomic mass is 10.0. The molecule has 0 aliphatic heterocycles. The van der Waals surface area contributed by atoms with Gasteiger partial charge in [-0.1, -0.05) is 96.8 Å². The predicted octanol–water partition coefficient (Wildman–Crippen LogP) is 6.45. The summed E-state index contributed by atoms with van der Waals surface area (Å²) in [6.07, 6.45) is 22.7. The van der Waals surface area contributed by atoms with Gasteiger partial charge in [-0.3, -0.25) is 4.79 Å². The highest BCUT2D eigenvalue weighted by molar-refractivity contribution is 5.73. The van der Waals surface area contributed by atoms with Crippen molar-refractivity contribution in [3.63, 3.8) is 0 Å². The van der Waals surface area contributed by atoms with Gasteiger partial charge in [0.2, 0.25) is 5.91 Å². The van der Waals surface area contributed by atoms with E-state index in [1.807, 2.05) is 0 Å². The van der Waals surface area contributed by atoms with Gasteiger partial charge in [0.05, 0.1) is 0 Å². The zero-order valence-corrected chi connectivity index (χ0v) is 18.7. The number of carbonyl (C=O) groups is 2. The molecule has 0 atom stereocenters. The molecule has 0 aromatic carbocycles. The Kier molecular flexibility index (Phi) is 18.2. The first-order valence-corrected chi connectivity index (χ1v) is 11.5. The molecule has 1 amide bonds. The van der Waals surface area contributed by atoms with Crippen LogP contribution in [0.5, 0.6) is 0 Å². The molecule has 1 aromatic heterocycles. The van der Waals surface area contributed by atoms with Crippen LogP contribution >= 0.6 is 0 Å². The number of primary amides is 1. The summed E-state index contributed by atoms with van der Waals surface area (Å²) < 4.78 is 1.06. The number of nitrogens with two attached hydrogens (primary N) is 1. The number of amides is 1. The summed E-state index contributed by atoms with van der Waals surface area (Å²) >= 11 is 0. The molecule has 1 heterocycles.